The summed E-state index contributed by atoms with van der Waals surface area (Å²) in [5.41, 5.74) is 3.36. The molecule has 3 heteroatoms. The Kier molecular flexibility index (Phi) is 6.62. The third-order valence-corrected chi connectivity index (χ3v) is 4.53. The fraction of sp³-hybridized carbons (Fsp3) is 0.733. The first-order chi connectivity index (χ1) is 8.57. The fourth-order valence-electron chi connectivity index (χ4n) is 2.43. The van der Waals surface area contributed by atoms with Crippen LogP contribution in [-0.4, -0.2) is 6.04 Å². The van der Waals surface area contributed by atoms with Crippen LogP contribution in [0.1, 0.15) is 65.7 Å². The van der Waals surface area contributed by atoms with Gasteiger partial charge in [0, 0.05) is 5.03 Å². The van der Waals surface area contributed by atoms with E-state index in [1.54, 1.807) is 0 Å². The van der Waals surface area contributed by atoms with Crippen LogP contribution in [0.15, 0.2) is 26.9 Å². The van der Waals surface area contributed by atoms with E-state index in [1.165, 1.54) is 19.3 Å². The lowest BCUT2D eigenvalue weighted by Crippen LogP contribution is -2.08. The SMILES string of the molecule is CC1=C(/Cl)CCCCCCCC(N=O)/C(C)=C\1C. The largest absolute Gasteiger partial charge is 0.150 e. The van der Waals surface area contributed by atoms with Gasteiger partial charge in [-0.2, -0.15) is 4.91 Å². The average molecular weight is 270 g/mol. The van der Waals surface area contributed by atoms with Crippen molar-refractivity contribution in [2.24, 2.45) is 5.18 Å². The van der Waals surface area contributed by atoms with Gasteiger partial charge in [-0.3, -0.25) is 0 Å². The van der Waals surface area contributed by atoms with Crippen LogP contribution in [0.3, 0.4) is 0 Å². The van der Waals surface area contributed by atoms with E-state index in [-0.39, 0.29) is 6.04 Å². The van der Waals surface area contributed by atoms with Crippen LogP contribution in [0.4, 0.5) is 0 Å². The van der Waals surface area contributed by atoms with Gasteiger partial charge in [-0.1, -0.05) is 42.5 Å². The number of rotatable bonds is 1. The maximum absolute atomic E-state index is 11.0. The molecule has 0 heterocycles. The molecule has 1 aliphatic rings. The number of hydrogen-bond acceptors (Lipinski definition) is 2. The molecule has 0 aliphatic heterocycles. The van der Waals surface area contributed by atoms with E-state index in [0.29, 0.717) is 0 Å². The Morgan fingerprint density at radius 1 is 1.00 bits per heavy atom. The van der Waals surface area contributed by atoms with E-state index >= 15 is 0 Å². The van der Waals surface area contributed by atoms with Crippen molar-refractivity contribution in [1.29, 1.82) is 0 Å². The minimum absolute atomic E-state index is 0.177. The summed E-state index contributed by atoms with van der Waals surface area (Å²) < 4.78 is 0. The highest BCUT2D eigenvalue weighted by Crippen LogP contribution is 2.28. The molecule has 0 N–H and O–H groups in total. The van der Waals surface area contributed by atoms with Crippen molar-refractivity contribution in [3.05, 3.63) is 26.7 Å². The van der Waals surface area contributed by atoms with Gasteiger partial charge in [0.25, 0.3) is 0 Å². The first-order valence-corrected chi connectivity index (χ1v) is 7.31. The minimum atomic E-state index is -0.177. The highest BCUT2D eigenvalue weighted by molar-refractivity contribution is 6.30. The van der Waals surface area contributed by atoms with Crippen LogP contribution >= 0.6 is 11.6 Å². The van der Waals surface area contributed by atoms with Gasteiger partial charge in [0.2, 0.25) is 0 Å². The third-order valence-electron chi connectivity index (χ3n) is 4.06. The van der Waals surface area contributed by atoms with E-state index < -0.39 is 0 Å². The van der Waals surface area contributed by atoms with Gasteiger partial charge in [0.15, 0.2) is 0 Å². The third kappa shape index (κ3) is 4.24. The molecule has 0 aromatic carbocycles. The van der Waals surface area contributed by atoms with Gasteiger partial charge < -0.3 is 0 Å². The molecule has 0 aromatic heterocycles. The normalized spacial score (nSPS) is 32.6. The second kappa shape index (κ2) is 7.73. The molecule has 18 heavy (non-hydrogen) atoms. The van der Waals surface area contributed by atoms with Gasteiger partial charge in [-0.05, 0) is 56.8 Å². The summed E-state index contributed by atoms with van der Waals surface area (Å²) >= 11 is 6.35. The van der Waals surface area contributed by atoms with Gasteiger partial charge >= 0.3 is 0 Å². The molecule has 2 nitrogen and oxygen atoms in total. The Balaban J connectivity index is 3.02. The summed E-state index contributed by atoms with van der Waals surface area (Å²) in [7, 11) is 0. The first-order valence-electron chi connectivity index (χ1n) is 6.93. The van der Waals surface area contributed by atoms with Crippen LogP contribution in [0.25, 0.3) is 0 Å². The smallest absolute Gasteiger partial charge is 0.113 e. The second-order valence-corrected chi connectivity index (χ2v) is 5.72. The van der Waals surface area contributed by atoms with Crippen LogP contribution < -0.4 is 0 Å². The van der Waals surface area contributed by atoms with Crippen molar-refractivity contribution < 1.29 is 0 Å². The Bertz CT molecular complexity index is 358. The molecule has 0 radical (unpaired) electrons. The monoisotopic (exact) mass is 269 g/mol. The van der Waals surface area contributed by atoms with Gasteiger partial charge in [0.05, 0.1) is 0 Å². The molecule has 0 amide bonds. The maximum Gasteiger partial charge on any atom is 0.113 e. The van der Waals surface area contributed by atoms with Crippen molar-refractivity contribution in [3.63, 3.8) is 0 Å². The number of halogens is 1. The topological polar surface area (TPSA) is 29.4 Å². The lowest BCUT2D eigenvalue weighted by molar-refractivity contribution is 0.562. The highest BCUT2D eigenvalue weighted by Gasteiger charge is 2.15. The molecule has 102 valence electrons. The lowest BCUT2D eigenvalue weighted by atomic mass is 9.93. The van der Waals surface area contributed by atoms with Crippen molar-refractivity contribution in [2.75, 3.05) is 0 Å². The predicted octanol–water partition coefficient (Wildman–Crippen LogP) is 5.71. The molecule has 1 aliphatic carbocycles. The highest BCUT2D eigenvalue weighted by atomic mass is 35.5. The molecule has 1 unspecified atom stereocenters. The summed E-state index contributed by atoms with van der Waals surface area (Å²) in [4.78, 5) is 11.0. The summed E-state index contributed by atoms with van der Waals surface area (Å²) in [6, 6.07) is -0.177. The quantitative estimate of drug-likeness (QED) is 0.560. The van der Waals surface area contributed by atoms with E-state index in [4.69, 9.17) is 11.6 Å². The fourth-order valence-corrected chi connectivity index (χ4v) is 2.71. The van der Waals surface area contributed by atoms with Gasteiger partial charge in [-0.15, -0.1) is 0 Å². The molecular weight excluding hydrogens is 246 g/mol. The summed E-state index contributed by atoms with van der Waals surface area (Å²) in [5.74, 6) is 0. The van der Waals surface area contributed by atoms with Crippen LogP contribution in [0.5, 0.6) is 0 Å². The molecule has 0 spiro atoms. The lowest BCUT2D eigenvalue weighted by Gasteiger charge is -2.16. The zero-order valence-electron chi connectivity index (χ0n) is 11.8. The molecule has 1 atom stereocenters. The molecule has 0 saturated heterocycles. The molecule has 0 saturated carbocycles. The maximum atomic E-state index is 11.0. The molecule has 0 aromatic rings. The summed E-state index contributed by atoms with van der Waals surface area (Å²) in [5, 5.41) is 4.23. The number of allylic oxidation sites excluding steroid dienone is 3. The zero-order valence-corrected chi connectivity index (χ0v) is 12.5. The average Bonchev–Trinajstić information content (AvgIpc) is 2.38. The summed E-state index contributed by atoms with van der Waals surface area (Å²) in [6.07, 6.45) is 7.74. The van der Waals surface area contributed by atoms with E-state index in [0.717, 1.165) is 47.4 Å². The standard InChI is InChI=1S/C15H24ClNO/c1-11-12(2)14(16)9-7-5-4-6-8-10-15(17-18)13(11)3/h15H,4-10H2,1-3H3/b13-11-,14-12-. The van der Waals surface area contributed by atoms with Crippen molar-refractivity contribution in [2.45, 2.75) is 71.8 Å². The van der Waals surface area contributed by atoms with Crippen molar-refractivity contribution in [1.82, 2.24) is 0 Å². The molecule has 0 fully saturated rings. The first kappa shape index (κ1) is 15.4. The van der Waals surface area contributed by atoms with E-state index in [1.807, 2.05) is 6.92 Å². The van der Waals surface area contributed by atoms with E-state index in [2.05, 4.69) is 19.0 Å². The Hall–Kier alpha value is -0.630. The van der Waals surface area contributed by atoms with Crippen LogP contribution in [0.2, 0.25) is 0 Å². The molecular formula is C15H24ClNO. The Labute approximate surface area is 115 Å². The minimum Gasteiger partial charge on any atom is -0.150 e. The Morgan fingerprint density at radius 3 is 2.28 bits per heavy atom. The van der Waals surface area contributed by atoms with Crippen molar-refractivity contribution in [3.8, 4) is 0 Å². The number of hydrogen-bond donors (Lipinski definition) is 0. The predicted molar refractivity (Wildman–Crippen MR) is 78.8 cm³/mol. The summed E-state index contributed by atoms with van der Waals surface area (Å²) in [6.45, 7) is 6.12. The van der Waals surface area contributed by atoms with Crippen LogP contribution in [-0.2, 0) is 0 Å². The zero-order chi connectivity index (χ0) is 13.5. The molecule has 1 rings (SSSR count). The van der Waals surface area contributed by atoms with Gasteiger partial charge in [-0.25, -0.2) is 0 Å². The number of nitrogens with zero attached hydrogens (tertiary/aromatic N) is 1. The molecule has 0 bridgehead atoms. The van der Waals surface area contributed by atoms with E-state index in [9.17, 15) is 4.91 Å². The Morgan fingerprint density at radius 2 is 1.61 bits per heavy atom. The van der Waals surface area contributed by atoms with Crippen LogP contribution in [0, 0.1) is 4.91 Å². The van der Waals surface area contributed by atoms with Gasteiger partial charge in [0.1, 0.15) is 6.04 Å². The number of nitroso groups, excluding NO2 is 1. The second-order valence-electron chi connectivity index (χ2n) is 5.27. The van der Waals surface area contributed by atoms with Crippen molar-refractivity contribution >= 4 is 11.6 Å².